The van der Waals surface area contributed by atoms with Crippen molar-refractivity contribution in [2.24, 2.45) is 5.92 Å². The molecule has 3 nitrogen and oxygen atoms in total. The molecule has 0 saturated carbocycles. The third-order valence-electron chi connectivity index (χ3n) is 2.37. The van der Waals surface area contributed by atoms with E-state index in [2.05, 4.69) is 13.8 Å². The van der Waals surface area contributed by atoms with Gasteiger partial charge in [0.15, 0.2) is 5.79 Å². The fourth-order valence-corrected chi connectivity index (χ4v) is 1.95. The molecule has 0 fully saturated rings. The van der Waals surface area contributed by atoms with Crippen LogP contribution in [0.5, 0.6) is 0 Å². The maximum Gasteiger partial charge on any atom is 0.167 e. The summed E-state index contributed by atoms with van der Waals surface area (Å²) in [5.74, 6) is 0.167. The molecule has 0 aliphatic carbocycles. The minimum absolute atomic E-state index is 0.408. The van der Waals surface area contributed by atoms with E-state index in [0.717, 1.165) is 36.4 Å². The van der Waals surface area contributed by atoms with Crippen molar-refractivity contribution in [2.45, 2.75) is 38.9 Å². The SMILES string of the molecule is COC(CCCO[SiH3])(CC(C)C)OC. The van der Waals surface area contributed by atoms with Gasteiger partial charge in [0.25, 0.3) is 0 Å². The minimum Gasteiger partial charge on any atom is -0.428 e. The van der Waals surface area contributed by atoms with Crippen LogP contribution in [0.4, 0.5) is 0 Å². The van der Waals surface area contributed by atoms with E-state index < -0.39 is 5.79 Å². The molecular weight excluding hydrogens is 196 g/mol. The molecule has 0 aliphatic heterocycles. The first-order valence-electron chi connectivity index (χ1n) is 5.19. The number of hydrogen-bond acceptors (Lipinski definition) is 3. The van der Waals surface area contributed by atoms with Crippen LogP contribution in [0.25, 0.3) is 0 Å². The molecule has 0 unspecified atom stereocenters. The smallest absolute Gasteiger partial charge is 0.167 e. The van der Waals surface area contributed by atoms with E-state index in [0.29, 0.717) is 5.92 Å². The van der Waals surface area contributed by atoms with Crippen molar-refractivity contribution in [3.05, 3.63) is 0 Å². The van der Waals surface area contributed by atoms with Crippen LogP contribution in [0.2, 0.25) is 0 Å². The van der Waals surface area contributed by atoms with Gasteiger partial charge in [0.1, 0.15) is 10.5 Å². The Hall–Kier alpha value is 0.0969. The molecule has 0 rings (SSSR count). The van der Waals surface area contributed by atoms with Gasteiger partial charge in [0.05, 0.1) is 0 Å². The van der Waals surface area contributed by atoms with Crippen LogP contribution in [-0.4, -0.2) is 37.1 Å². The summed E-state index contributed by atoms with van der Waals surface area (Å²) in [4.78, 5) is 0. The number of ether oxygens (including phenoxy) is 2. The van der Waals surface area contributed by atoms with Gasteiger partial charge >= 0.3 is 0 Å². The van der Waals surface area contributed by atoms with Crippen molar-refractivity contribution in [1.82, 2.24) is 0 Å². The average Bonchev–Trinajstić information content (AvgIpc) is 2.16. The van der Waals surface area contributed by atoms with E-state index in [1.165, 1.54) is 0 Å². The lowest BCUT2D eigenvalue weighted by Crippen LogP contribution is -2.35. The van der Waals surface area contributed by atoms with Crippen LogP contribution >= 0.6 is 0 Å². The van der Waals surface area contributed by atoms with Crippen molar-refractivity contribution in [3.8, 4) is 0 Å². The van der Waals surface area contributed by atoms with Crippen molar-refractivity contribution < 1.29 is 13.9 Å². The first-order chi connectivity index (χ1) is 6.60. The highest BCUT2D eigenvalue weighted by Gasteiger charge is 2.29. The zero-order valence-corrected chi connectivity index (χ0v) is 12.1. The zero-order valence-electron chi connectivity index (χ0n) is 10.1. The fraction of sp³-hybridized carbons (Fsp3) is 1.00. The summed E-state index contributed by atoms with van der Waals surface area (Å²) < 4.78 is 16.1. The molecule has 0 amide bonds. The second-order valence-electron chi connectivity index (χ2n) is 4.01. The summed E-state index contributed by atoms with van der Waals surface area (Å²) in [6, 6.07) is 0. The third-order valence-corrected chi connectivity index (χ3v) is 2.78. The summed E-state index contributed by atoms with van der Waals surface area (Å²) in [7, 11) is 4.24. The summed E-state index contributed by atoms with van der Waals surface area (Å²) in [6.45, 7) is 5.17. The van der Waals surface area contributed by atoms with Gasteiger partial charge in [-0.15, -0.1) is 0 Å². The van der Waals surface area contributed by atoms with Crippen LogP contribution in [0.15, 0.2) is 0 Å². The van der Waals surface area contributed by atoms with Crippen LogP contribution in [-0.2, 0) is 13.9 Å². The Labute approximate surface area is 90.7 Å². The summed E-state index contributed by atoms with van der Waals surface area (Å²) in [6.07, 6.45) is 2.83. The van der Waals surface area contributed by atoms with E-state index in [9.17, 15) is 0 Å². The van der Waals surface area contributed by atoms with Crippen LogP contribution in [0, 0.1) is 5.92 Å². The molecule has 86 valence electrons. The molecule has 0 aromatic heterocycles. The Balaban J connectivity index is 4.07. The highest BCUT2D eigenvalue weighted by Crippen LogP contribution is 2.26. The Kier molecular flexibility index (Phi) is 7.45. The van der Waals surface area contributed by atoms with E-state index >= 15 is 0 Å². The van der Waals surface area contributed by atoms with Gasteiger partial charge in [-0.2, -0.15) is 0 Å². The molecule has 0 aromatic rings. The highest BCUT2D eigenvalue weighted by atomic mass is 28.2. The first-order valence-corrected chi connectivity index (χ1v) is 6.01. The van der Waals surface area contributed by atoms with E-state index in [4.69, 9.17) is 13.9 Å². The predicted octanol–water partition coefficient (Wildman–Crippen LogP) is 1.10. The normalized spacial score (nSPS) is 12.6. The maximum atomic E-state index is 5.48. The van der Waals surface area contributed by atoms with E-state index in [1.807, 2.05) is 0 Å². The Morgan fingerprint density at radius 2 is 1.79 bits per heavy atom. The molecular formula is C10H24O3Si. The van der Waals surface area contributed by atoms with Crippen molar-refractivity contribution in [1.29, 1.82) is 0 Å². The number of rotatable bonds is 8. The fourth-order valence-electron chi connectivity index (χ4n) is 1.66. The highest BCUT2D eigenvalue weighted by molar-refractivity contribution is 5.97. The standard InChI is InChI=1S/C10H24O3Si/c1-9(2)8-10(11-3,12-4)6-5-7-13-14/h9H,5-8H2,1-4,14H3. The molecule has 14 heavy (non-hydrogen) atoms. The lowest BCUT2D eigenvalue weighted by Gasteiger charge is -2.32. The van der Waals surface area contributed by atoms with E-state index in [-0.39, 0.29) is 0 Å². The summed E-state index contributed by atoms with van der Waals surface area (Å²) in [5.41, 5.74) is 0. The van der Waals surface area contributed by atoms with Crippen LogP contribution < -0.4 is 0 Å². The molecule has 0 heterocycles. The average molecular weight is 220 g/mol. The van der Waals surface area contributed by atoms with Gasteiger partial charge in [0, 0.05) is 33.7 Å². The molecule has 0 aliphatic rings. The van der Waals surface area contributed by atoms with Gasteiger partial charge in [-0.25, -0.2) is 0 Å². The molecule has 0 spiro atoms. The molecule has 0 atom stereocenters. The largest absolute Gasteiger partial charge is 0.428 e. The first kappa shape index (κ1) is 14.1. The summed E-state index contributed by atoms with van der Waals surface area (Å²) >= 11 is 0. The molecule has 0 bridgehead atoms. The third kappa shape index (κ3) is 5.10. The van der Waals surface area contributed by atoms with Gasteiger partial charge in [-0.3, -0.25) is 0 Å². The maximum absolute atomic E-state index is 5.48. The van der Waals surface area contributed by atoms with Crippen molar-refractivity contribution >= 4 is 10.5 Å². The molecule has 0 saturated heterocycles. The number of methoxy groups -OCH3 is 2. The topological polar surface area (TPSA) is 27.7 Å². The van der Waals surface area contributed by atoms with Crippen molar-refractivity contribution in [3.63, 3.8) is 0 Å². The van der Waals surface area contributed by atoms with Crippen molar-refractivity contribution in [2.75, 3.05) is 20.8 Å². The van der Waals surface area contributed by atoms with Crippen LogP contribution in [0.1, 0.15) is 33.1 Å². The second-order valence-corrected chi connectivity index (χ2v) is 4.59. The Morgan fingerprint density at radius 1 is 1.21 bits per heavy atom. The lowest BCUT2D eigenvalue weighted by atomic mass is 9.98. The predicted molar refractivity (Wildman–Crippen MR) is 61.3 cm³/mol. The molecule has 0 radical (unpaired) electrons. The Bertz CT molecular complexity index is 135. The quantitative estimate of drug-likeness (QED) is 0.348. The minimum atomic E-state index is -0.408. The van der Waals surface area contributed by atoms with Gasteiger partial charge in [-0.05, 0) is 12.3 Å². The van der Waals surface area contributed by atoms with Crippen LogP contribution in [0.3, 0.4) is 0 Å². The molecule has 4 heteroatoms. The zero-order chi connectivity index (χ0) is 11.0. The van der Waals surface area contributed by atoms with Gasteiger partial charge in [0.2, 0.25) is 0 Å². The van der Waals surface area contributed by atoms with Gasteiger partial charge in [-0.1, -0.05) is 13.8 Å². The summed E-state index contributed by atoms with van der Waals surface area (Å²) in [5, 5.41) is 0. The Morgan fingerprint density at radius 3 is 2.14 bits per heavy atom. The second kappa shape index (κ2) is 7.40. The molecule has 0 N–H and O–H groups in total. The monoisotopic (exact) mass is 220 g/mol. The van der Waals surface area contributed by atoms with E-state index in [1.54, 1.807) is 14.2 Å². The lowest BCUT2D eigenvalue weighted by molar-refractivity contribution is -0.221. The molecule has 0 aromatic carbocycles. The van der Waals surface area contributed by atoms with Gasteiger partial charge < -0.3 is 13.9 Å². The number of hydrogen-bond donors (Lipinski definition) is 0.